The maximum Gasteiger partial charge on any atom is 0.239 e. The summed E-state index contributed by atoms with van der Waals surface area (Å²) in [5, 5.41) is 2.54. The fraction of sp³-hybridized carbons (Fsp3) is 0.917. The van der Waals surface area contributed by atoms with Gasteiger partial charge in [0.15, 0.2) is 0 Å². The number of likely N-dealkylation sites (N-methyl/N-ethyl adjacent to an activating group) is 1. The molecule has 2 atom stereocenters. The number of rotatable bonds is 5. The van der Waals surface area contributed by atoms with Gasteiger partial charge in [0.25, 0.3) is 0 Å². The van der Waals surface area contributed by atoms with Crippen molar-refractivity contribution in [2.75, 3.05) is 13.7 Å². The van der Waals surface area contributed by atoms with Crippen molar-refractivity contribution in [1.82, 2.24) is 5.32 Å². The molecule has 0 bridgehead atoms. The summed E-state index contributed by atoms with van der Waals surface area (Å²) in [6, 6.07) is -0.561. The van der Waals surface area contributed by atoms with Crippen LogP contribution in [-0.2, 0) is 9.53 Å². The lowest BCUT2D eigenvalue weighted by Gasteiger charge is -2.25. The highest BCUT2D eigenvalue weighted by Gasteiger charge is 2.22. The summed E-state index contributed by atoms with van der Waals surface area (Å²) in [4.78, 5) is 11.3. The molecule has 0 radical (unpaired) electrons. The lowest BCUT2D eigenvalue weighted by atomic mass is 9.90. The van der Waals surface area contributed by atoms with E-state index in [1.54, 1.807) is 7.05 Å². The zero-order valence-electron chi connectivity index (χ0n) is 10.4. The van der Waals surface area contributed by atoms with Gasteiger partial charge in [-0.05, 0) is 25.7 Å². The van der Waals surface area contributed by atoms with E-state index in [-0.39, 0.29) is 12.0 Å². The van der Waals surface area contributed by atoms with Crippen LogP contribution >= 0.6 is 0 Å². The fourth-order valence-electron chi connectivity index (χ4n) is 2.13. The van der Waals surface area contributed by atoms with Crippen molar-refractivity contribution in [3.63, 3.8) is 0 Å². The first-order chi connectivity index (χ1) is 7.65. The molecule has 0 aromatic heterocycles. The lowest BCUT2D eigenvalue weighted by molar-refractivity contribution is -0.125. The van der Waals surface area contributed by atoms with Crippen LogP contribution in [0.25, 0.3) is 0 Å². The maximum atomic E-state index is 11.3. The lowest BCUT2D eigenvalue weighted by Crippen LogP contribution is -2.47. The Bertz CT molecular complexity index is 215. The number of carbonyl (C=O) groups excluding carboxylic acids is 1. The van der Waals surface area contributed by atoms with E-state index < -0.39 is 6.04 Å². The van der Waals surface area contributed by atoms with Crippen LogP contribution in [0.1, 0.15) is 39.0 Å². The Labute approximate surface area is 97.9 Å². The van der Waals surface area contributed by atoms with Crippen LogP contribution in [0.15, 0.2) is 0 Å². The molecule has 0 unspecified atom stereocenters. The van der Waals surface area contributed by atoms with Gasteiger partial charge >= 0.3 is 0 Å². The average molecular weight is 228 g/mol. The molecule has 1 fully saturated rings. The number of nitrogens with two attached hydrogens (primary N) is 1. The summed E-state index contributed by atoms with van der Waals surface area (Å²) in [5.74, 6) is 0.504. The van der Waals surface area contributed by atoms with Gasteiger partial charge < -0.3 is 15.8 Å². The summed E-state index contributed by atoms with van der Waals surface area (Å²) in [6.07, 6.45) is 6.27. The van der Waals surface area contributed by atoms with E-state index in [4.69, 9.17) is 10.5 Å². The van der Waals surface area contributed by atoms with E-state index in [2.05, 4.69) is 5.32 Å². The van der Waals surface area contributed by atoms with Gasteiger partial charge in [0.05, 0.1) is 6.10 Å². The van der Waals surface area contributed by atoms with Gasteiger partial charge in [0, 0.05) is 13.7 Å². The molecule has 0 aromatic carbocycles. The molecule has 0 saturated heterocycles. The Morgan fingerprint density at radius 1 is 1.44 bits per heavy atom. The van der Waals surface area contributed by atoms with E-state index in [0.717, 1.165) is 6.61 Å². The second kappa shape index (κ2) is 6.86. The van der Waals surface area contributed by atoms with Crippen LogP contribution in [-0.4, -0.2) is 31.7 Å². The Morgan fingerprint density at radius 2 is 2.06 bits per heavy atom. The molecule has 1 saturated carbocycles. The zero-order chi connectivity index (χ0) is 12.0. The van der Waals surface area contributed by atoms with Crippen LogP contribution in [0.2, 0.25) is 0 Å². The number of ether oxygens (including phenoxy) is 1. The van der Waals surface area contributed by atoms with Gasteiger partial charge in [0.1, 0.15) is 6.04 Å². The van der Waals surface area contributed by atoms with Crippen molar-refractivity contribution in [3.8, 4) is 0 Å². The third-order valence-corrected chi connectivity index (χ3v) is 3.37. The monoisotopic (exact) mass is 228 g/mol. The van der Waals surface area contributed by atoms with Crippen LogP contribution < -0.4 is 11.1 Å². The van der Waals surface area contributed by atoms with E-state index >= 15 is 0 Å². The Morgan fingerprint density at radius 3 is 2.62 bits per heavy atom. The smallest absolute Gasteiger partial charge is 0.239 e. The third kappa shape index (κ3) is 4.10. The normalized spacial score (nSPS) is 21.4. The predicted octanol–water partition coefficient (Wildman–Crippen LogP) is 1.05. The van der Waals surface area contributed by atoms with E-state index in [0.29, 0.717) is 5.92 Å². The standard InChI is InChI=1S/C12H24N2O2/c1-9(11(13)12(15)14-2)16-8-10-6-4-3-5-7-10/h9-11H,3-8,13H2,1-2H3,(H,14,15)/t9-,11-/m1/s1. The van der Waals surface area contributed by atoms with Crippen molar-refractivity contribution < 1.29 is 9.53 Å². The van der Waals surface area contributed by atoms with Gasteiger partial charge in [-0.3, -0.25) is 4.79 Å². The molecule has 94 valence electrons. The number of carbonyl (C=O) groups is 1. The molecular formula is C12H24N2O2. The second-order valence-corrected chi connectivity index (χ2v) is 4.68. The minimum Gasteiger partial charge on any atom is -0.376 e. The fourth-order valence-corrected chi connectivity index (χ4v) is 2.13. The molecule has 0 aromatic rings. The van der Waals surface area contributed by atoms with Crippen LogP contribution in [0, 0.1) is 5.92 Å². The summed E-state index contributed by atoms with van der Waals surface area (Å²) >= 11 is 0. The van der Waals surface area contributed by atoms with Gasteiger partial charge in [-0.2, -0.15) is 0 Å². The molecule has 0 aliphatic heterocycles. The first-order valence-corrected chi connectivity index (χ1v) is 6.24. The highest BCUT2D eigenvalue weighted by molar-refractivity contribution is 5.81. The third-order valence-electron chi connectivity index (χ3n) is 3.37. The van der Waals surface area contributed by atoms with Crippen molar-refractivity contribution in [1.29, 1.82) is 0 Å². The van der Waals surface area contributed by atoms with Gasteiger partial charge in [0.2, 0.25) is 5.91 Å². The quantitative estimate of drug-likeness (QED) is 0.739. The summed E-state index contributed by atoms with van der Waals surface area (Å²) in [6.45, 7) is 2.61. The molecule has 4 nitrogen and oxygen atoms in total. The molecule has 1 aliphatic carbocycles. The number of nitrogens with one attached hydrogen (secondary N) is 1. The zero-order valence-corrected chi connectivity index (χ0v) is 10.4. The van der Waals surface area contributed by atoms with Crippen LogP contribution in [0.4, 0.5) is 0 Å². The van der Waals surface area contributed by atoms with E-state index in [1.165, 1.54) is 32.1 Å². The number of amides is 1. The second-order valence-electron chi connectivity index (χ2n) is 4.68. The minimum atomic E-state index is -0.561. The van der Waals surface area contributed by atoms with Gasteiger partial charge in [-0.15, -0.1) is 0 Å². The van der Waals surface area contributed by atoms with Crippen LogP contribution in [0.3, 0.4) is 0 Å². The molecule has 1 rings (SSSR count). The van der Waals surface area contributed by atoms with E-state index in [9.17, 15) is 4.79 Å². The number of hydrogen-bond acceptors (Lipinski definition) is 3. The summed E-state index contributed by atoms with van der Waals surface area (Å²) in [5.41, 5.74) is 5.75. The molecule has 3 N–H and O–H groups in total. The Hall–Kier alpha value is -0.610. The molecule has 4 heteroatoms. The van der Waals surface area contributed by atoms with E-state index in [1.807, 2.05) is 6.92 Å². The van der Waals surface area contributed by atoms with Crippen molar-refractivity contribution in [3.05, 3.63) is 0 Å². The van der Waals surface area contributed by atoms with Gasteiger partial charge in [-0.25, -0.2) is 0 Å². The maximum absolute atomic E-state index is 11.3. The SMILES string of the molecule is CNC(=O)[C@H](N)[C@@H](C)OCC1CCCCC1. The molecule has 0 spiro atoms. The predicted molar refractivity (Wildman–Crippen MR) is 64.0 cm³/mol. The minimum absolute atomic E-state index is 0.156. The topological polar surface area (TPSA) is 64.4 Å². The summed E-state index contributed by atoms with van der Waals surface area (Å²) < 4.78 is 5.68. The molecule has 16 heavy (non-hydrogen) atoms. The molecular weight excluding hydrogens is 204 g/mol. The summed E-state index contributed by atoms with van der Waals surface area (Å²) in [7, 11) is 1.59. The Balaban J connectivity index is 2.22. The van der Waals surface area contributed by atoms with Gasteiger partial charge in [-0.1, -0.05) is 19.3 Å². The van der Waals surface area contributed by atoms with Crippen molar-refractivity contribution in [2.45, 2.75) is 51.2 Å². The first kappa shape index (κ1) is 13.5. The highest BCUT2D eigenvalue weighted by atomic mass is 16.5. The Kier molecular flexibility index (Phi) is 5.77. The largest absolute Gasteiger partial charge is 0.376 e. The molecule has 0 heterocycles. The average Bonchev–Trinajstić information content (AvgIpc) is 2.35. The van der Waals surface area contributed by atoms with Crippen molar-refractivity contribution in [2.24, 2.45) is 11.7 Å². The highest BCUT2D eigenvalue weighted by Crippen LogP contribution is 2.24. The number of hydrogen-bond donors (Lipinski definition) is 2. The van der Waals surface area contributed by atoms with Crippen molar-refractivity contribution >= 4 is 5.91 Å². The molecule has 1 amide bonds. The molecule has 1 aliphatic rings. The van der Waals surface area contributed by atoms with Crippen LogP contribution in [0.5, 0.6) is 0 Å². The first-order valence-electron chi connectivity index (χ1n) is 6.24.